The largest absolute Gasteiger partial charge is 0.478 e. The number of carboxylic acids is 1. The zero-order valence-corrected chi connectivity index (χ0v) is 15.7. The van der Waals surface area contributed by atoms with Crippen LogP contribution in [0, 0.1) is 0 Å². The molecule has 29 heavy (non-hydrogen) atoms. The fourth-order valence-electron chi connectivity index (χ4n) is 3.47. The van der Waals surface area contributed by atoms with Crippen molar-refractivity contribution in [3.63, 3.8) is 0 Å². The Morgan fingerprint density at radius 2 is 1.59 bits per heavy atom. The first-order valence-electron chi connectivity index (χ1n) is 9.30. The molecule has 8 heteroatoms. The molecule has 2 aliphatic heterocycles. The first-order valence-corrected chi connectivity index (χ1v) is 9.30. The lowest BCUT2D eigenvalue weighted by Crippen LogP contribution is -2.51. The van der Waals surface area contributed by atoms with Crippen LogP contribution in [0.4, 0.5) is 0 Å². The molecule has 0 bridgehead atoms. The molecule has 2 aromatic rings. The molecule has 0 radical (unpaired) electrons. The minimum atomic E-state index is -1.02. The molecule has 1 saturated heterocycles. The number of rotatable bonds is 4. The number of hydrogen-bond acceptors (Lipinski definition) is 5. The summed E-state index contributed by atoms with van der Waals surface area (Å²) in [4.78, 5) is 39.8. The zero-order chi connectivity index (χ0) is 20.4. The lowest BCUT2D eigenvalue weighted by atomic mass is 10.1. The molecule has 1 fully saturated rings. The van der Waals surface area contributed by atoms with Crippen LogP contribution in [0.15, 0.2) is 42.5 Å². The second-order valence-corrected chi connectivity index (χ2v) is 6.92. The van der Waals surface area contributed by atoms with Gasteiger partial charge in [-0.2, -0.15) is 0 Å². The first kappa shape index (κ1) is 18.8. The second kappa shape index (κ2) is 7.83. The highest BCUT2D eigenvalue weighted by Crippen LogP contribution is 2.32. The normalized spacial score (nSPS) is 15.3. The highest BCUT2D eigenvalue weighted by molar-refractivity contribution is 5.95. The summed E-state index contributed by atoms with van der Waals surface area (Å²) in [6.45, 7) is 1.91. The molecule has 2 aliphatic rings. The van der Waals surface area contributed by atoms with E-state index in [1.165, 1.54) is 12.1 Å². The van der Waals surface area contributed by atoms with E-state index in [4.69, 9.17) is 14.6 Å². The van der Waals surface area contributed by atoms with Gasteiger partial charge >= 0.3 is 5.97 Å². The van der Waals surface area contributed by atoms with Gasteiger partial charge in [-0.1, -0.05) is 12.1 Å². The van der Waals surface area contributed by atoms with Crippen LogP contribution in [-0.2, 0) is 11.2 Å². The Bertz CT molecular complexity index is 965. The van der Waals surface area contributed by atoms with Crippen LogP contribution in [0.2, 0.25) is 0 Å². The third-order valence-corrected chi connectivity index (χ3v) is 5.07. The van der Waals surface area contributed by atoms with Crippen molar-refractivity contribution >= 4 is 17.8 Å². The number of hydrogen-bond donors (Lipinski definition) is 1. The molecule has 0 aliphatic carbocycles. The Hall–Kier alpha value is -3.55. The van der Waals surface area contributed by atoms with E-state index < -0.39 is 5.97 Å². The van der Waals surface area contributed by atoms with Gasteiger partial charge in [0.05, 0.1) is 12.0 Å². The van der Waals surface area contributed by atoms with Gasteiger partial charge in [-0.05, 0) is 35.9 Å². The summed E-state index contributed by atoms with van der Waals surface area (Å²) in [5.41, 5.74) is 1.35. The number of benzene rings is 2. The lowest BCUT2D eigenvalue weighted by molar-refractivity contribution is -0.131. The second-order valence-electron chi connectivity index (χ2n) is 6.92. The highest BCUT2D eigenvalue weighted by Gasteiger charge is 2.26. The topological polar surface area (TPSA) is 96.4 Å². The number of amides is 2. The van der Waals surface area contributed by atoms with Gasteiger partial charge in [-0.3, -0.25) is 9.59 Å². The standard InChI is InChI=1S/C21H20N2O6/c24-19(11-14-2-1-3-16(10-14)21(26)27)22-6-8-23(9-7-22)20(25)15-4-5-17-18(12-15)29-13-28-17/h1-5,10,12H,6-9,11,13H2,(H,26,27). The minimum Gasteiger partial charge on any atom is -0.478 e. The van der Waals surface area contributed by atoms with Crippen LogP contribution in [-0.4, -0.2) is 65.7 Å². The maximum atomic E-state index is 12.7. The van der Waals surface area contributed by atoms with E-state index in [1.807, 2.05) is 0 Å². The lowest BCUT2D eigenvalue weighted by Gasteiger charge is -2.35. The van der Waals surface area contributed by atoms with Crippen molar-refractivity contribution in [3.8, 4) is 11.5 Å². The van der Waals surface area contributed by atoms with Gasteiger partial charge in [0.25, 0.3) is 5.91 Å². The van der Waals surface area contributed by atoms with E-state index in [0.717, 1.165) is 0 Å². The molecule has 0 saturated carbocycles. The van der Waals surface area contributed by atoms with Gasteiger partial charge in [0, 0.05) is 31.7 Å². The number of piperazine rings is 1. The van der Waals surface area contributed by atoms with Crippen molar-refractivity contribution in [1.29, 1.82) is 0 Å². The van der Waals surface area contributed by atoms with E-state index >= 15 is 0 Å². The van der Waals surface area contributed by atoms with Crippen LogP contribution >= 0.6 is 0 Å². The number of carbonyl (C=O) groups is 3. The SMILES string of the molecule is O=C(O)c1cccc(CC(=O)N2CCN(C(=O)c3ccc4c(c3)OCO4)CC2)c1. The number of carboxylic acid groups (broad SMARTS) is 1. The van der Waals surface area contributed by atoms with Crippen molar-refractivity contribution in [2.75, 3.05) is 33.0 Å². The smallest absolute Gasteiger partial charge is 0.335 e. The van der Waals surface area contributed by atoms with E-state index in [0.29, 0.717) is 48.8 Å². The van der Waals surface area contributed by atoms with E-state index in [2.05, 4.69) is 0 Å². The summed E-state index contributed by atoms with van der Waals surface area (Å²) >= 11 is 0. The Morgan fingerprint density at radius 3 is 2.34 bits per heavy atom. The van der Waals surface area contributed by atoms with Crippen LogP contribution in [0.1, 0.15) is 26.3 Å². The molecule has 2 aromatic carbocycles. The van der Waals surface area contributed by atoms with Gasteiger partial charge in [0.2, 0.25) is 12.7 Å². The summed E-state index contributed by atoms with van der Waals surface area (Å²) in [5, 5.41) is 9.07. The third kappa shape index (κ3) is 4.01. The fraction of sp³-hybridized carbons (Fsp3) is 0.286. The minimum absolute atomic E-state index is 0.0808. The molecule has 8 nitrogen and oxygen atoms in total. The quantitative estimate of drug-likeness (QED) is 0.844. The maximum absolute atomic E-state index is 12.7. The maximum Gasteiger partial charge on any atom is 0.335 e. The van der Waals surface area contributed by atoms with Crippen LogP contribution < -0.4 is 9.47 Å². The van der Waals surface area contributed by atoms with Crippen molar-refractivity contribution < 1.29 is 29.0 Å². The van der Waals surface area contributed by atoms with Gasteiger partial charge in [0.1, 0.15) is 0 Å². The molecule has 2 amide bonds. The number of aromatic carboxylic acids is 1. The Balaban J connectivity index is 1.34. The van der Waals surface area contributed by atoms with E-state index in [9.17, 15) is 14.4 Å². The Morgan fingerprint density at radius 1 is 0.862 bits per heavy atom. The third-order valence-electron chi connectivity index (χ3n) is 5.07. The van der Waals surface area contributed by atoms with Crippen LogP contribution in [0.3, 0.4) is 0 Å². The van der Waals surface area contributed by atoms with Crippen LogP contribution in [0.5, 0.6) is 11.5 Å². The highest BCUT2D eigenvalue weighted by atomic mass is 16.7. The average molecular weight is 396 g/mol. The molecule has 0 spiro atoms. The van der Waals surface area contributed by atoms with Gasteiger partial charge in [-0.15, -0.1) is 0 Å². The molecular formula is C21H20N2O6. The summed E-state index contributed by atoms with van der Waals surface area (Å²) in [7, 11) is 0. The number of fused-ring (bicyclic) bond motifs is 1. The van der Waals surface area contributed by atoms with E-state index in [-0.39, 0.29) is 30.6 Å². The number of ether oxygens (including phenoxy) is 2. The molecule has 150 valence electrons. The van der Waals surface area contributed by atoms with Gasteiger partial charge in [0.15, 0.2) is 11.5 Å². The van der Waals surface area contributed by atoms with Crippen molar-refractivity contribution in [2.24, 2.45) is 0 Å². The Kier molecular flexibility index (Phi) is 5.07. The average Bonchev–Trinajstić information content (AvgIpc) is 3.21. The number of nitrogens with zero attached hydrogens (tertiary/aromatic N) is 2. The molecule has 2 heterocycles. The summed E-state index contributed by atoms with van der Waals surface area (Å²) in [5.74, 6) is -0.0144. The molecule has 0 atom stereocenters. The molecule has 4 rings (SSSR count). The summed E-state index contributed by atoms with van der Waals surface area (Å²) in [6, 6.07) is 11.5. The first-order chi connectivity index (χ1) is 14.0. The van der Waals surface area contributed by atoms with Gasteiger partial charge < -0.3 is 24.4 Å². The molecule has 1 N–H and O–H groups in total. The zero-order valence-electron chi connectivity index (χ0n) is 15.7. The van der Waals surface area contributed by atoms with Crippen molar-refractivity contribution in [1.82, 2.24) is 9.80 Å². The molecule has 0 unspecified atom stereocenters. The predicted molar refractivity (Wildman–Crippen MR) is 102 cm³/mol. The number of carbonyl (C=O) groups excluding carboxylic acids is 2. The van der Waals surface area contributed by atoms with Crippen molar-refractivity contribution in [2.45, 2.75) is 6.42 Å². The van der Waals surface area contributed by atoms with Gasteiger partial charge in [-0.25, -0.2) is 4.79 Å². The fourth-order valence-corrected chi connectivity index (χ4v) is 3.47. The predicted octanol–water partition coefficient (Wildman–Crippen LogP) is 1.64. The van der Waals surface area contributed by atoms with E-state index in [1.54, 1.807) is 40.1 Å². The molecular weight excluding hydrogens is 376 g/mol. The Labute approximate surface area is 167 Å². The van der Waals surface area contributed by atoms with Crippen molar-refractivity contribution in [3.05, 3.63) is 59.2 Å². The monoisotopic (exact) mass is 396 g/mol. The summed E-state index contributed by atoms with van der Waals surface area (Å²) < 4.78 is 10.6. The van der Waals surface area contributed by atoms with Crippen LogP contribution in [0.25, 0.3) is 0 Å². The molecule has 0 aromatic heterocycles. The summed E-state index contributed by atoms with van der Waals surface area (Å²) in [6.07, 6.45) is 0.136.